The van der Waals surface area contributed by atoms with E-state index in [4.69, 9.17) is 9.47 Å². The van der Waals surface area contributed by atoms with Crippen molar-refractivity contribution >= 4 is 34.6 Å². The van der Waals surface area contributed by atoms with Gasteiger partial charge >= 0.3 is 0 Å². The summed E-state index contributed by atoms with van der Waals surface area (Å²) in [5.74, 6) is -3.05. The number of benzodiazepines with no additional fused rings is 1. The Balaban J connectivity index is 0.000000175. The van der Waals surface area contributed by atoms with Crippen LogP contribution in [-0.4, -0.2) is 88.3 Å². The van der Waals surface area contributed by atoms with Crippen LogP contribution in [0.1, 0.15) is 58.1 Å². The summed E-state index contributed by atoms with van der Waals surface area (Å²) >= 11 is 0. The number of carbonyl (C=O) groups excluding carboxylic acids is 3. The van der Waals surface area contributed by atoms with Gasteiger partial charge in [0.1, 0.15) is 25.1 Å². The van der Waals surface area contributed by atoms with Crippen molar-refractivity contribution < 1.29 is 47.8 Å². The lowest BCUT2D eigenvalue weighted by Crippen LogP contribution is -2.64. The number of carbonyl (C=O) groups is 3. The number of nitro benzene ring substituents is 1. The van der Waals surface area contributed by atoms with Gasteiger partial charge in [-0.3, -0.25) is 29.5 Å². The summed E-state index contributed by atoms with van der Waals surface area (Å²) in [5.41, 5.74) is -1.38. The quantitative estimate of drug-likeness (QED) is 0.329. The van der Waals surface area contributed by atoms with E-state index in [1.54, 1.807) is 39.1 Å². The average molecular weight is 748 g/mol. The fourth-order valence-corrected chi connectivity index (χ4v) is 10.5. The molecule has 9 atom stereocenters. The summed E-state index contributed by atoms with van der Waals surface area (Å²) < 4.78 is 42.0. The number of likely N-dealkylation sites (N-methyl/N-ethyl adjacent to an activating group) is 1. The second-order valence-electron chi connectivity index (χ2n) is 16.0. The first-order valence-electron chi connectivity index (χ1n) is 18.0. The van der Waals surface area contributed by atoms with E-state index in [1.807, 2.05) is 13.8 Å². The van der Waals surface area contributed by atoms with Gasteiger partial charge in [0, 0.05) is 47.1 Å². The fraction of sp³-hybridized carbons (Fsp3) is 0.500. The number of hydrogen-bond acceptors (Lipinski definition) is 10. The number of amides is 1. The van der Waals surface area contributed by atoms with E-state index in [0.717, 1.165) is 0 Å². The Morgan fingerprint density at radius 2 is 1.83 bits per heavy atom. The Kier molecular flexibility index (Phi) is 9.15. The molecule has 1 saturated heterocycles. The van der Waals surface area contributed by atoms with Crippen molar-refractivity contribution in [2.75, 3.05) is 25.1 Å². The number of allylic oxidation sites excluding steroid dienone is 4. The maximum absolute atomic E-state index is 15.4. The van der Waals surface area contributed by atoms with Crippen LogP contribution in [0.3, 0.4) is 0 Å². The Morgan fingerprint density at radius 3 is 2.52 bits per heavy atom. The molecular weight excluding hydrogens is 704 g/mol. The van der Waals surface area contributed by atoms with Crippen molar-refractivity contribution in [3.63, 3.8) is 0 Å². The van der Waals surface area contributed by atoms with Crippen LogP contribution in [0.2, 0.25) is 0 Å². The van der Waals surface area contributed by atoms with Gasteiger partial charge in [-0.05, 0) is 80.9 Å². The van der Waals surface area contributed by atoms with E-state index in [0.29, 0.717) is 23.2 Å². The zero-order valence-corrected chi connectivity index (χ0v) is 30.6. The van der Waals surface area contributed by atoms with Crippen LogP contribution < -0.4 is 4.90 Å². The predicted molar refractivity (Wildman–Crippen MR) is 192 cm³/mol. The van der Waals surface area contributed by atoms with E-state index >= 15 is 4.39 Å². The molecule has 2 aliphatic heterocycles. The van der Waals surface area contributed by atoms with Gasteiger partial charge in [0.25, 0.3) is 5.69 Å². The van der Waals surface area contributed by atoms with Crippen LogP contribution in [0.4, 0.5) is 20.2 Å². The van der Waals surface area contributed by atoms with Crippen LogP contribution in [0.15, 0.2) is 71.3 Å². The molecule has 8 rings (SSSR count). The van der Waals surface area contributed by atoms with Gasteiger partial charge < -0.3 is 24.6 Å². The summed E-state index contributed by atoms with van der Waals surface area (Å²) in [5, 5.41) is 32.3. The minimum absolute atomic E-state index is 0.125. The molecule has 14 heteroatoms. The molecule has 0 spiro atoms. The number of aliphatic imine (C=N–C) groups is 1. The molecule has 0 bridgehead atoms. The van der Waals surface area contributed by atoms with Gasteiger partial charge in [0.05, 0.1) is 28.5 Å². The number of nitro groups is 1. The molecule has 3 saturated carbocycles. The fourth-order valence-electron chi connectivity index (χ4n) is 10.5. The maximum atomic E-state index is 15.4. The Labute approximate surface area is 310 Å². The van der Waals surface area contributed by atoms with Crippen molar-refractivity contribution in [3.8, 4) is 0 Å². The molecule has 6 aliphatic rings. The first-order valence-corrected chi connectivity index (χ1v) is 18.0. The van der Waals surface area contributed by atoms with Crippen molar-refractivity contribution in [2.45, 2.75) is 76.7 Å². The first-order chi connectivity index (χ1) is 25.4. The lowest BCUT2D eigenvalue weighted by Gasteiger charge is -2.60. The molecule has 54 heavy (non-hydrogen) atoms. The normalized spacial score (nSPS) is 35.9. The lowest BCUT2D eigenvalue weighted by molar-refractivity contribution is -0.384. The predicted octanol–water partition coefficient (Wildman–Crippen LogP) is 4.82. The molecule has 0 radical (unpaired) electrons. The highest BCUT2D eigenvalue weighted by molar-refractivity contribution is 6.19. The summed E-state index contributed by atoms with van der Waals surface area (Å²) in [7, 11) is 1.56. The van der Waals surface area contributed by atoms with E-state index < -0.39 is 63.7 Å². The number of rotatable bonds is 4. The number of aliphatic hydroxyl groups excluding tert-OH is 2. The van der Waals surface area contributed by atoms with Crippen LogP contribution in [0.25, 0.3) is 0 Å². The van der Waals surface area contributed by atoms with E-state index in [2.05, 4.69) is 4.99 Å². The lowest BCUT2D eigenvalue weighted by atomic mass is 9.46. The molecule has 1 amide bonds. The van der Waals surface area contributed by atoms with Crippen LogP contribution in [0, 0.1) is 44.5 Å². The number of benzene rings is 2. The summed E-state index contributed by atoms with van der Waals surface area (Å²) in [6, 6.07) is 10.1. The number of aliphatic hydroxyl groups is 2. The molecule has 4 fully saturated rings. The van der Waals surface area contributed by atoms with Crippen molar-refractivity contribution in [2.24, 2.45) is 33.6 Å². The number of anilines is 1. The number of hydrogen-bond donors (Lipinski definition) is 2. The van der Waals surface area contributed by atoms with Crippen molar-refractivity contribution in [1.82, 2.24) is 0 Å². The standard InChI is InChI=1S/C24H31FO6.C16H12FN3O3/c1-21(2)30-19-9-14-13-8-16(25)15-7-12(27)5-6-22(15,3)20(13)17(28)10-23(14,4)24(19,31-21)18(29)11-26;1-19-14-7-6-10(20(22)23)8-12(14)16(18-9-15(19)21)11-4-2-3-5-13(11)17/h5-7,13-14,16-17,19-20,26,28H,8-11H2,1-4H3;2-8H,9H2,1H3/t13-,14-,16-,17-,19+,20+,22-,23-,24+;/m0./s1. The zero-order valence-electron chi connectivity index (χ0n) is 30.6. The highest BCUT2D eigenvalue weighted by Gasteiger charge is 2.77. The molecule has 2 aromatic carbocycles. The molecule has 0 unspecified atom stereocenters. The average Bonchev–Trinajstić information content (AvgIpc) is 3.48. The molecule has 4 aliphatic carbocycles. The molecular formula is C40H43F2N3O9. The van der Waals surface area contributed by atoms with E-state index in [9.17, 15) is 39.1 Å². The highest BCUT2D eigenvalue weighted by atomic mass is 19.1. The van der Waals surface area contributed by atoms with Gasteiger partial charge in [-0.25, -0.2) is 8.78 Å². The molecule has 2 heterocycles. The van der Waals surface area contributed by atoms with Crippen molar-refractivity contribution in [1.29, 1.82) is 0 Å². The zero-order chi connectivity index (χ0) is 39.1. The number of nitrogens with zero attached hydrogens (tertiary/aromatic N) is 3. The SMILES string of the molecule is CC1(C)O[C@@H]2C[C@H]3[C@@H]4C[C@H](F)C5=CC(=O)C=C[C@]5(C)[C@H]4[C@@H](O)C[C@]3(C)[C@]2(C(=O)CO)O1.CN1C(=O)CN=C(c2ccccc2F)c2cc([N+](=O)[O-])ccc21. The summed E-state index contributed by atoms with van der Waals surface area (Å²) in [6.07, 6.45) is 2.90. The van der Waals surface area contributed by atoms with Gasteiger partial charge in [-0.2, -0.15) is 0 Å². The Morgan fingerprint density at radius 1 is 1.11 bits per heavy atom. The summed E-state index contributed by atoms with van der Waals surface area (Å²) in [6.45, 7) is 6.50. The number of halogens is 2. The largest absolute Gasteiger partial charge is 0.393 e. The third-order valence-electron chi connectivity index (χ3n) is 12.7. The van der Waals surface area contributed by atoms with Crippen LogP contribution in [-0.2, 0) is 23.9 Å². The van der Waals surface area contributed by atoms with Crippen LogP contribution in [0.5, 0.6) is 0 Å². The third kappa shape index (κ3) is 5.59. The molecule has 0 aromatic heterocycles. The second kappa shape index (κ2) is 13.1. The monoisotopic (exact) mass is 747 g/mol. The van der Waals surface area contributed by atoms with E-state index in [-0.39, 0.29) is 65.8 Å². The smallest absolute Gasteiger partial charge is 0.270 e. The molecule has 12 nitrogen and oxygen atoms in total. The molecule has 286 valence electrons. The highest BCUT2D eigenvalue weighted by Crippen LogP contribution is 2.70. The number of fused-ring (bicyclic) bond motifs is 8. The van der Waals surface area contributed by atoms with Gasteiger partial charge in [-0.1, -0.05) is 32.1 Å². The number of non-ortho nitro benzene ring substituents is 1. The van der Waals surface area contributed by atoms with Crippen LogP contribution >= 0.6 is 0 Å². The first kappa shape index (κ1) is 37.8. The Bertz CT molecular complexity index is 2050. The second-order valence-corrected chi connectivity index (χ2v) is 16.0. The minimum Gasteiger partial charge on any atom is -0.393 e. The minimum atomic E-state index is -1.37. The summed E-state index contributed by atoms with van der Waals surface area (Å²) in [4.78, 5) is 53.2. The Hall–Kier alpha value is -4.50. The molecule has 2 aromatic rings. The number of alkyl halides is 1. The number of ether oxygens (including phenoxy) is 2. The van der Waals surface area contributed by atoms with E-state index in [1.165, 1.54) is 47.4 Å². The number of Topliss-reactive ketones (excluding diaryl/α,β-unsaturated/α-hetero) is 1. The van der Waals surface area contributed by atoms with Gasteiger partial charge in [0.2, 0.25) is 5.91 Å². The van der Waals surface area contributed by atoms with Gasteiger partial charge in [0.15, 0.2) is 23.0 Å². The molecule has 2 N–H and O–H groups in total. The van der Waals surface area contributed by atoms with Gasteiger partial charge in [-0.15, -0.1) is 0 Å². The topological polar surface area (TPSA) is 169 Å². The third-order valence-corrected chi connectivity index (χ3v) is 12.7. The number of ketones is 2. The maximum Gasteiger partial charge on any atom is 0.270 e. The van der Waals surface area contributed by atoms with Crippen molar-refractivity contribution in [3.05, 3.63) is 93.3 Å².